The van der Waals surface area contributed by atoms with Gasteiger partial charge in [0.15, 0.2) is 6.10 Å². The van der Waals surface area contributed by atoms with Crippen molar-refractivity contribution in [2.24, 2.45) is 17.8 Å². The third-order valence-electron chi connectivity index (χ3n) is 15.0. The van der Waals surface area contributed by atoms with E-state index in [1.807, 2.05) is 0 Å². The molecule has 0 aliphatic carbocycles. The standard InChI is InChI=1S/C64H124O6/c1-7-60(6)52-46-40-34-28-24-25-31-37-43-49-55-64(67)70-61(57-69-63(66)54-48-42-36-30-23-19-15-14-17-21-27-33-39-45-51-59(4)5)56-68-62(65)53-47-41-35-29-22-18-13-11-9-8-10-12-16-20-26-32-38-44-50-58(2)3/h58-61H,7-57H2,1-6H3/t60?,61-/m1/s1. The van der Waals surface area contributed by atoms with Crippen LogP contribution in [0.1, 0.15) is 356 Å². The molecule has 0 aromatic rings. The Balaban J connectivity index is 4.26. The number of hydrogen-bond donors (Lipinski definition) is 0. The van der Waals surface area contributed by atoms with Crippen LogP contribution in [0.4, 0.5) is 0 Å². The van der Waals surface area contributed by atoms with Crippen LogP contribution < -0.4 is 0 Å². The van der Waals surface area contributed by atoms with Gasteiger partial charge in [-0.2, -0.15) is 0 Å². The van der Waals surface area contributed by atoms with Gasteiger partial charge in [0.05, 0.1) is 0 Å². The smallest absolute Gasteiger partial charge is 0.306 e. The Labute approximate surface area is 438 Å². The Morgan fingerprint density at radius 2 is 0.500 bits per heavy atom. The van der Waals surface area contributed by atoms with Crippen molar-refractivity contribution in [1.29, 1.82) is 0 Å². The molecule has 0 aliphatic heterocycles. The number of carbonyl (C=O) groups excluding carboxylic acids is 3. The lowest BCUT2D eigenvalue weighted by molar-refractivity contribution is -0.167. The third-order valence-corrected chi connectivity index (χ3v) is 15.0. The highest BCUT2D eigenvalue weighted by Crippen LogP contribution is 2.19. The van der Waals surface area contributed by atoms with Crippen molar-refractivity contribution < 1.29 is 28.6 Å². The molecule has 0 heterocycles. The molecule has 6 heteroatoms. The van der Waals surface area contributed by atoms with Gasteiger partial charge in [-0.15, -0.1) is 0 Å². The average molecular weight is 990 g/mol. The number of hydrogen-bond acceptors (Lipinski definition) is 6. The van der Waals surface area contributed by atoms with E-state index in [0.717, 1.165) is 75.5 Å². The van der Waals surface area contributed by atoms with Crippen LogP contribution in [0.25, 0.3) is 0 Å². The van der Waals surface area contributed by atoms with Crippen LogP contribution >= 0.6 is 0 Å². The zero-order valence-corrected chi connectivity index (χ0v) is 48.3. The minimum atomic E-state index is -0.764. The summed E-state index contributed by atoms with van der Waals surface area (Å²) in [4.78, 5) is 38.3. The van der Waals surface area contributed by atoms with Gasteiger partial charge in [-0.25, -0.2) is 0 Å². The third kappa shape index (κ3) is 55.7. The van der Waals surface area contributed by atoms with Crippen molar-refractivity contribution in [2.75, 3.05) is 13.2 Å². The van der Waals surface area contributed by atoms with Crippen LogP contribution in [0.15, 0.2) is 0 Å². The second-order valence-corrected chi connectivity index (χ2v) is 23.2. The van der Waals surface area contributed by atoms with Crippen molar-refractivity contribution in [3.8, 4) is 0 Å². The molecule has 0 amide bonds. The first-order valence-electron chi connectivity index (χ1n) is 31.6. The lowest BCUT2D eigenvalue weighted by Gasteiger charge is -2.18. The topological polar surface area (TPSA) is 78.9 Å². The van der Waals surface area contributed by atoms with Gasteiger partial charge in [0, 0.05) is 19.3 Å². The molecule has 0 aromatic heterocycles. The van der Waals surface area contributed by atoms with Gasteiger partial charge in [0.25, 0.3) is 0 Å². The number of carbonyl (C=O) groups is 3. The molecule has 0 aliphatic rings. The highest BCUT2D eigenvalue weighted by molar-refractivity contribution is 5.71. The number of esters is 3. The fourth-order valence-electron chi connectivity index (χ4n) is 9.85. The van der Waals surface area contributed by atoms with Gasteiger partial charge >= 0.3 is 17.9 Å². The first kappa shape index (κ1) is 68.4. The summed E-state index contributed by atoms with van der Waals surface area (Å²) in [5, 5.41) is 0. The van der Waals surface area contributed by atoms with Crippen LogP contribution in [-0.2, 0) is 28.6 Å². The number of ether oxygens (including phenoxy) is 3. The molecule has 70 heavy (non-hydrogen) atoms. The summed E-state index contributed by atoms with van der Waals surface area (Å²) in [5.74, 6) is 1.73. The summed E-state index contributed by atoms with van der Waals surface area (Å²) in [6.07, 6.45) is 59.5. The zero-order valence-electron chi connectivity index (χ0n) is 48.3. The molecular weight excluding hydrogens is 865 g/mol. The van der Waals surface area contributed by atoms with E-state index >= 15 is 0 Å². The molecule has 0 bridgehead atoms. The van der Waals surface area contributed by atoms with Gasteiger partial charge in [0.2, 0.25) is 0 Å². The predicted molar refractivity (Wildman–Crippen MR) is 303 cm³/mol. The van der Waals surface area contributed by atoms with Crippen molar-refractivity contribution in [1.82, 2.24) is 0 Å². The second kappa shape index (κ2) is 55.2. The Morgan fingerprint density at radius 1 is 0.286 bits per heavy atom. The molecule has 0 rings (SSSR count). The van der Waals surface area contributed by atoms with E-state index in [1.54, 1.807) is 0 Å². The lowest BCUT2D eigenvalue weighted by Crippen LogP contribution is -2.30. The number of unbranched alkanes of at least 4 members (excludes halogenated alkanes) is 39. The Kier molecular flexibility index (Phi) is 53.9. The molecule has 2 atom stereocenters. The van der Waals surface area contributed by atoms with E-state index in [-0.39, 0.29) is 31.1 Å². The largest absolute Gasteiger partial charge is 0.462 e. The monoisotopic (exact) mass is 989 g/mol. The van der Waals surface area contributed by atoms with E-state index < -0.39 is 6.10 Å². The van der Waals surface area contributed by atoms with Crippen LogP contribution in [0.5, 0.6) is 0 Å². The van der Waals surface area contributed by atoms with Gasteiger partial charge in [-0.1, -0.05) is 318 Å². The van der Waals surface area contributed by atoms with E-state index in [1.165, 1.54) is 238 Å². The summed E-state index contributed by atoms with van der Waals surface area (Å²) in [6.45, 7) is 13.8. The van der Waals surface area contributed by atoms with Crippen LogP contribution in [0.2, 0.25) is 0 Å². The molecule has 0 N–H and O–H groups in total. The van der Waals surface area contributed by atoms with Crippen LogP contribution in [-0.4, -0.2) is 37.2 Å². The number of rotatable bonds is 57. The van der Waals surface area contributed by atoms with Crippen molar-refractivity contribution >= 4 is 17.9 Å². The minimum absolute atomic E-state index is 0.0629. The summed E-state index contributed by atoms with van der Waals surface area (Å²) in [6, 6.07) is 0. The Bertz CT molecular complexity index is 1090. The summed E-state index contributed by atoms with van der Waals surface area (Å²) < 4.78 is 16.9. The summed E-state index contributed by atoms with van der Waals surface area (Å²) >= 11 is 0. The minimum Gasteiger partial charge on any atom is -0.462 e. The van der Waals surface area contributed by atoms with Gasteiger partial charge in [0.1, 0.15) is 13.2 Å². The molecule has 416 valence electrons. The lowest BCUT2D eigenvalue weighted by atomic mass is 9.99. The van der Waals surface area contributed by atoms with Crippen molar-refractivity contribution in [3.05, 3.63) is 0 Å². The van der Waals surface area contributed by atoms with Gasteiger partial charge in [-0.05, 0) is 37.0 Å². The maximum Gasteiger partial charge on any atom is 0.306 e. The molecular formula is C64H124O6. The molecule has 0 saturated carbocycles. The fraction of sp³-hybridized carbons (Fsp3) is 0.953. The second-order valence-electron chi connectivity index (χ2n) is 23.2. The first-order chi connectivity index (χ1) is 34.1. The van der Waals surface area contributed by atoms with Crippen LogP contribution in [0.3, 0.4) is 0 Å². The molecule has 1 unspecified atom stereocenters. The Morgan fingerprint density at radius 3 is 0.743 bits per heavy atom. The summed E-state index contributed by atoms with van der Waals surface area (Å²) in [5.41, 5.74) is 0. The molecule has 0 radical (unpaired) electrons. The Hall–Kier alpha value is -1.59. The van der Waals surface area contributed by atoms with Crippen molar-refractivity contribution in [3.63, 3.8) is 0 Å². The molecule has 0 saturated heterocycles. The van der Waals surface area contributed by atoms with E-state index in [4.69, 9.17) is 14.2 Å². The molecule has 0 spiro atoms. The fourth-order valence-corrected chi connectivity index (χ4v) is 9.85. The SMILES string of the molecule is CCC(C)CCCCCCCCCCCCC(=O)O[C@H](COC(=O)CCCCCCCCCCCCCCCCCCCCC(C)C)COC(=O)CCCCCCCCCCCCCCCCC(C)C. The molecule has 0 aromatic carbocycles. The highest BCUT2D eigenvalue weighted by Gasteiger charge is 2.19. The van der Waals surface area contributed by atoms with E-state index in [2.05, 4.69) is 41.5 Å². The normalized spacial score (nSPS) is 12.5. The van der Waals surface area contributed by atoms with Gasteiger partial charge in [-0.3, -0.25) is 14.4 Å². The predicted octanol–water partition coefficient (Wildman–Crippen LogP) is 21.1. The van der Waals surface area contributed by atoms with Crippen molar-refractivity contribution in [2.45, 2.75) is 362 Å². The van der Waals surface area contributed by atoms with E-state index in [9.17, 15) is 14.4 Å². The van der Waals surface area contributed by atoms with Gasteiger partial charge < -0.3 is 14.2 Å². The highest BCUT2D eigenvalue weighted by atomic mass is 16.6. The first-order valence-corrected chi connectivity index (χ1v) is 31.6. The zero-order chi connectivity index (χ0) is 51.2. The molecule has 6 nitrogen and oxygen atoms in total. The molecule has 0 fully saturated rings. The quantitative estimate of drug-likeness (QED) is 0.0343. The maximum absolute atomic E-state index is 12.9. The summed E-state index contributed by atoms with van der Waals surface area (Å²) in [7, 11) is 0. The van der Waals surface area contributed by atoms with Crippen LogP contribution in [0, 0.1) is 17.8 Å². The maximum atomic E-state index is 12.9. The average Bonchev–Trinajstić information content (AvgIpc) is 3.33. The van der Waals surface area contributed by atoms with E-state index in [0.29, 0.717) is 19.3 Å².